The van der Waals surface area contributed by atoms with Gasteiger partial charge in [-0.05, 0) is 85.1 Å². The molecule has 1 aromatic heterocycles. The van der Waals surface area contributed by atoms with Crippen molar-refractivity contribution in [1.29, 1.82) is 0 Å². The van der Waals surface area contributed by atoms with Crippen LogP contribution >= 0.6 is 34.7 Å². The van der Waals surface area contributed by atoms with Crippen LogP contribution in [0.4, 0.5) is 10.8 Å². The molecule has 5 aromatic rings. The van der Waals surface area contributed by atoms with Gasteiger partial charge in [-0.15, -0.1) is 11.8 Å². The predicted octanol–water partition coefficient (Wildman–Crippen LogP) is 8.18. The number of amides is 3. The van der Waals surface area contributed by atoms with E-state index in [0.717, 1.165) is 20.7 Å². The number of hydrogen-bond acceptors (Lipinski definition) is 6. The molecule has 0 saturated heterocycles. The molecule has 0 bridgehead atoms. The van der Waals surface area contributed by atoms with Gasteiger partial charge < -0.3 is 16.0 Å². The molecule has 7 nitrogen and oxygen atoms in total. The van der Waals surface area contributed by atoms with Crippen molar-refractivity contribution in [1.82, 2.24) is 10.3 Å². The molecule has 222 valence electrons. The third-order valence-corrected chi connectivity index (χ3v) is 9.06. The number of anilines is 2. The fourth-order valence-electron chi connectivity index (χ4n) is 4.27. The summed E-state index contributed by atoms with van der Waals surface area (Å²) in [5.41, 5.74) is 3.69. The lowest BCUT2D eigenvalue weighted by molar-refractivity contribution is -0.116. The molecule has 1 unspecified atom stereocenters. The molecule has 44 heavy (non-hydrogen) atoms. The molecule has 1 heterocycles. The Hall–Kier alpha value is -4.44. The maximum Gasteiger partial charge on any atom is 0.272 e. The number of halogens is 1. The van der Waals surface area contributed by atoms with Gasteiger partial charge in [0.05, 0.1) is 15.5 Å². The lowest BCUT2D eigenvalue weighted by Crippen LogP contribution is -2.30. The molecule has 0 saturated carbocycles. The van der Waals surface area contributed by atoms with Crippen molar-refractivity contribution in [2.24, 2.45) is 0 Å². The van der Waals surface area contributed by atoms with Gasteiger partial charge in [0.1, 0.15) is 5.70 Å². The maximum atomic E-state index is 13.4. The minimum absolute atomic E-state index is 0.0658. The fraction of sp³-hybridized carbons (Fsp3) is 0.118. The van der Waals surface area contributed by atoms with Crippen molar-refractivity contribution < 1.29 is 14.4 Å². The van der Waals surface area contributed by atoms with Crippen LogP contribution in [0.5, 0.6) is 0 Å². The number of thiazole rings is 1. The SMILES string of the molecule is CCC(Sc1cccc(NC(=O)/C(=C/c2ccc(Cl)cc2)NC(=O)c2ccccc2)c1)C(=O)Nc1nc2ccc(C)cc2s1. The molecular formula is C34H29ClN4O3S2. The van der Waals surface area contributed by atoms with Crippen molar-refractivity contribution in [2.45, 2.75) is 30.4 Å². The molecule has 0 aliphatic heterocycles. The number of aromatic nitrogens is 1. The number of carbonyl (C=O) groups excluding carboxylic acids is 3. The number of hydrogen-bond donors (Lipinski definition) is 3. The molecule has 4 aromatic carbocycles. The van der Waals surface area contributed by atoms with Gasteiger partial charge in [-0.3, -0.25) is 14.4 Å². The molecule has 10 heteroatoms. The number of aryl methyl sites for hydroxylation is 1. The van der Waals surface area contributed by atoms with E-state index < -0.39 is 11.8 Å². The first-order valence-corrected chi connectivity index (χ1v) is 15.9. The Labute approximate surface area is 268 Å². The lowest BCUT2D eigenvalue weighted by atomic mass is 10.1. The number of carbonyl (C=O) groups is 3. The van der Waals surface area contributed by atoms with Gasteiger partial charge in [-0.25, -0.2) is 4.98 Å². The van der Waals surface area contributed by atoms with Crippen LogP contribution in [0.25, 0.3) is 16.3 Å². The Kier molecular flexibility index (Phi) is 10.1. The highest BCUT2D eigenvalue weighted by molar-refractivity contribution is 8.00. The minimum atomic E-state index is -0.498. The molecule has 0 aliphatic rings. The number of rotatable bonds is 10. The average molecular weight is 641 g/mol. The summed E-state index contributed by atoms with van der Waals surface area (Å²) in [6.45, 7) is 3.98. The summed E-state index contributed by atoms with van der Waals surface area (Å²) in [7, 11) is 0. The van der Waals surface area contributed by atoms with Crippen LogP contribution in [0, 0.1) is 6.92 Å². The van der Waals surface area contributed by atoms with E-state index in [0.29, 0.717) is 33.4 Å². The van der Waals surface area contributed by atoms with Gasteiger partial charge in [-0.1, -0.05) is 72.3 Å². The number of benzene rings is 4. The van der Waals surface area contributed by atoms with Gasteiger partial charge >= 0.3 is 0 Å². The summed E-state index contributed by atoms with van der Waals surface area (Å²) in [6, 6.07) is 28.9. The van der Waals surface area contributed by atoms with Gasteiger partial charge in [0.2, 0.25) is 5.91 Å². The average Bonchev–Trinajstić information content (AvgIpc) is 3.42. The van der Waals surface area contributed by atoms with Crippen LogP contribution in [0.15, 0.2) is 108 Å². The van der Waals surface area contributed by atoms with Gasteiger partial charge in [0.15, 0.2) is 5.13 Å². The second-order valence-corrected chi connectivity index (χ2v) is 12.6. The van der Waals surface area contributed by atoms with Crippen LogP contribution in [0.3, 0.4) is 0 Å². The second-order valence-electron chi connectivity index (χ2n) is 9.91. The molecule has 3 amide bonds. The van der Waals surface area contributed by atoms with Crippen molar-refractivity contribution >= 4 is 79.5 Å². The Morgan fingerprint density at radius 3 is 2.45 bits per heavy atom. The number of nitrogens with one attached hydrogen (secondary N) is 3. The van der Waals surface area contributed by atoms with E-state index in [1.807, 2.05) is 44.2 Å². The zero-order valence-electron chi connectivity index (χ0n) is 24.0. The summed E-state index contributed by atoms with van der Waals surface area (Å²) in [4.78, 5) is 44.9. The van der Waals surface area contributed by atoms with Crippen LogP contribution in [-0.4, -0.2) is 28.0 Å². The minimum Gasteiger partial charge on any atom is -0.321 e. The van der Waals surface area contributed by atoms with E-state index in [-0.39, 0.29) is 16.9 Å². The highest BCUT2D eigenvalue weighted by Crippen LogP contribution is 2.31. The number of nitrogens with zero attached hydrogens (tertiary/aromatic N) is 1. The molecule has 0 fully saturated rings. The summed E-state index contributed by atoms with van der Waals surface area (Å²) in [6.07, 6.45) is 2.18. The maximum absolute atomic E-state index is 13.4. The van der Waals surface area contributed by atoms with E-state index in [1.54, 1.807) is 66.7 Å². The van der Waals surface area contributed by atoms with E-state index in [9.17, 15) is 14.4 Å². The molecule has 0 radical (unpaired) electrons. The van der Waals surface area contributed by atoms with E-state index in [1.165, 1.54) is 23.1 Å². The van der Waals surface area contributed by atoms with Crippen molar-refractivity contribution in [3.63, 3.8) is 0 Å². The Bertz CT molecular complexity index is 1840. The Morgan fingerprint density at radius 1 is 0.932 bits per heavy atom. The van der Waals surface area contributed by atoms with Crippen molar-refractivity contribution in [2.75, 3.05) is 10.6 Å². The van der Waals surface area contributed by atoms with Crippen molar-refractivity contribution in [3.8, 4) is 0 Å². The highest BCUT2D eigenvalue weighted by atomic mass is 35.5. The van der Waals surface area contributed by atoms with Gasteiger partial charge in [0.25, 0.3) is 11.8 Å². The topological polar surface area (TPSA) is 100 Å². The highest BCUT2D eigenvalue weighted by Gasteiger charge is 2.20. The lowest BCUT2D eigenvalue weighted by Gasteiger charge is -2.15. The first kappa shape index (κ1) is 31.0. The molecule has 0 aliphatic carbocycles. The summed E-state index contributed by atoms with van der Waals surface area (Å²) in [5.74, 6) is -1.05. The predicted molar refractivity (Wildman–Crippen MR) is 181 cm³/mol. The second kappa shape index (κ2) is 14.4. The van der Waals surface area contributed by atoms with E-state index in [2.05, 4.69) is 27.0 Å². The molecular weight excluding hydrogens is 612 g/mol. The van der Waals surface area contributed by atoms with Crippen LogP contribution in [0.1, 0.15) is 34.8 Å². The standard InChI is InChI=1S/C34H29ClN4O3S2/c1-3-29(33(42)39-34-38-27-17-12-21(2)18-30(27)44-34)43-26-11-7-10-25(20-26)36-32(41)28(19-22-13-15-24(35)16-14-22)37-31(40)23-8-5-4-6-9-23/h4-20,29H,3H2,1-2H3,(H,36,41)(H,37,40)(H,38,39,42)/b28-19-. The Morgan fingerprint density at radius 2 is 1.70 bits per heavy atom. The van der Waals surface area contributed by atoms with Gasteiger partial charge in [-0.2, -0.15) is 0 Å². The monoisotopic (exact) mass is 640 g/mol. The molecule has 5 rings (SSSR count). The molecule has 0 spiro atoms. The normalized spacial score (nSPS) is 12.0. The summed E-state index contributed by atoms with van der Waals surface area (Å²) < 4.78 is 1.02. The quantitative estimate of drug-likeness (QED) is 0.106. The Balaban J connectivity index is 1.29. The van der Waals surface area contributed by atoms with Crippen molar-refractivity contribution in [3.05, 3.63) is 124 Å². The fourth-order valence-corrected chi connectivity index (χ4v) is 6.38. The third kappa shape index (κ3) is 8.13. The zero-order chi connectivity index (χ0) is 31.1. The summed E-state index contributed by atoms with van der Waals surface area (Å²) >= 11 is 8.88. The summed E-state index contributed by atoms with van der Waals surface area (Å²) in [5, 5.41) is 9.33. The number of fused-ring (bicyclic) bond motifs is 1. The smallest absolute Gasteiger partial charge is 0.272 e. The van der Waals surface area contributed by atoms with Crippen LogP contribution in [-0.2, 0) is 9.59 Å². The molecule has 1 atom stereocenters. The van der Waals surface area contributed by atoms with Crippen LogP contribution < -0.4 is 16.0 Å². The first-order chi connectivity index (χ1) is 21.3. The van der Waals surface area contributed by atoms with E-state index >= 15 is 0 Å². The van der Waals surface area contributed by atoms with Gasteiger partial charge in [0, 0.05) is 21.2 Å². The first-order valence-electron chi connectivity index (χ1n) is 13.9. The van der Waals surface area contributed by atoms with Crippen LogP contribution in [0.2, 0.25) is 5.02 Å². The zero-order valence-corrected chi connectivity index (χ0v) is 26.4. The molecule has 3 N–H and O–H groups in total. The van der Waals surface area contributed by atoms with E-state index in [4.69, 9.17) is 11.6 Å². The number of thioether (sulfide) groups is 1. The third-order valence-electron chi connectivity index (χ3n) is 6.52. The largest absolute Gasteiger partial charge is 0.321 e.